The minimum atomic E-state index is -0.353. The van der Waals surface area contributed by atoms with Gasteiger partial charge in [0.15, 0.2) is 0 Å². The van der Waals surface area contributed by atoms with Gasteiger partial charge in [-0.1, -0.05) is 30.8 Å². The maximum Gasteiger partial charge on any atom is 0.265 e. The number of aromatic nitrogens is 2. The predicted molar refractivity (Wildman–Crippen MR) is 118 cm³/mol. The number of rotatable bonds is 13. The molecule has 0 atom stereocenters. The van der Waals surface area contributed by atoms with E-state index in [2.05, 4.69) is 34.0 Å². The van der Waals surface area contributed by atoms with Crippen molar-refractivity contribution in [1.29, 1.82) is 0 Å². The number of amides is 1. The number of ether oxygens (including phenoxy) is 1. The van der Waals surface area contributed by atoms with Crippen LogP contribution in [-0.4, -0.2) is 42.2 Å². The standard InChI is InChI=1S/C21H30ClN5O2/c1-5-18(20-14-24-13-15(2)26-20)12-19(22)16(3)17(4)21(28)27-25-9-7-11-29-10-6-8-23/h5,12-14,25H,1,4,6-11,23H2,2-3H3,(H,27,28)/b18-12+,19-16-. The number of carbonyl (C=O) groups excluding carboxylic acids is 1. The summed E-state index contributed by atoms with van der Waals surface area (Å²) < 4.78 is 5.39. The Balaban J connectivity index is 2.61. The zero-order chi connectivity index (χ0) is 21.6. The van der Waals surface area contributed by atoms with Crippen molar-refractivity contribution in [1.82, 2.24) is 20.8 Å². The van der Waals surface area contributed by atoms with Crippen molar-refractivity contribution in [3.8, 4) is 0 Å². The number of hydrogen-bond donors (Lipinski definition) is 3. The smallest absolute Gasteiger partial charge is 0.265 e. The van der Waals surface area contributed by atoms with Gasteiger partial charge >= 0.3 is 0 Å². The molecule has 1 aromatic heterocycles. The molecule has 4 N–H and O–H groups in total. The molecule has 0 aliphatic rings. The molecule has 1 heterocycles. The molecule has 0 radical (unpaired) electrons. The fourth-order valence-electron chi connectivity index (χ4n) is 2.17. The Morgan fingerprint density at radius 2 is 2.07 bits per heavy atom. The normalized spacial score (nSPS) is 12.3. The zero-order valence-electron chi connectivity index (χ0n) is 17.1. The van der Waals surface area contributed by atoms with Crippen molar-refractivity contribution in [2.24, 2.45) is 5.73 Å². The quantitative estimate of drug-likeness (QED) is 0.197. The summed E-state index contributed by atoms with van der Waals surface area (Å²) >= 11 is 6.40. The molecule has 0 bridgehead atoms. The second kappa shape index (κ2) is 13.8. The van der Waals surface area contributed by atoms with Crippen molar-refractivity contribution in [3.63, 3.8) is 0 Å². The molecular formula is C21H30ClN5O2. The first-order chi connectivity index (χ1) is 13.9. The number of nitrogens with two attached hydrogens (primary N) is 1. The molecule has 0 saturated carbocycles. The van der Waals surface area contributed by atoms with Crippen molar-refractivity contribution < 1.29 is 9.53 Å². The summed E-state index contributed by atoms with van der Waals surface area (Å²) in [5, 5.41) is 0.372. The zero-order valence-corrected chi connectivity index (χ0v) is 17.9. The van der Waals surface area contributed by atoms with E-state index >= 15 is 0 Å². The van der Waals surface area contributed by atoms with Crippen LogP contribution in [0.15, 0.2) is 53.9 Å². The van der Waals surface area contributed by atoms with Gasteiger partial charge < -0.3 is 10.5 Å². The highest BCUT2D eigenvalue weighted by Gasteiger charge is 2.12. The third-order valence-corrected chi connectivity index (χ3v) is 4.32. The van der Waals surface area contributed by atoms with E-state index in [1.54, 1.807) is 31.5 Å². The summed E-state index contributed by atoms with van der Waals surface area (Å²) in [5.41, 5.74) is 13.8. The molecule has 0 spiro atoms. The van der Waals surface area contributed by atoms with Gasteiger partial charge in [-0.15, -0.1) is 0 Å². The Bertz CT molecular complexity index is 774. The molecule has 158 valence electrons. The van der Waals surface area contributed by atoms with Crippen LogP contribution in [0.5, 0.6) is 0 Å². The van der Waals surface area contributed by atoms with Gasteiger partial charge in [-0.3, -0.25) is 15.2 Å². The SMILES string of the molecule is C=C/C(=C\C(Cl)=C(/C)C(=C)C(=O)NNCCCOCCCN)c1cncc(C)n1. The van der Waals surface area contributed by atoms with Gasteiger partial charge in [-0.25, -0.2) is 10.4 Å². The maximum absolute atomic E-state index is 12.3. The van der Waals surface area contributed by atoms with Crippen LogP contribution in [0, 0.1) is 6.92 Å². The Hall–Kier alpha value is -2.32. The van der Waals surface area contributed by atoms with Crippen LogP contribution in [0.25, 0.3) is 5.57 Å². The molecule has 0 aliphatic carbocycles. The van der Waals surface area contributed by atoms with Gasteiger partial charge in [0.05, 0.1) is 17.6 Å². The molecule has 0 saturated heterocycles. The van der Waals surface area contributed by atoms with E-state index in [9.17, 15) is 4.79 Å². The van der Waals surface area contributed by atoms with Crippen LogP contribution in [0.3, 0.4) is 0 Å². The minimum Gasteiger partial charge on any atom is -0.381 e. The minimum absolute atomic E-state index is 0.261. The van der Waals surface area contributed by atoms with E-state index in [1.165, 1.54) is 0 Å². The number of aryl methyl sites for hydroxylation is 1. The summed E-state index contributed by atoms with van der Waals surface area (Å²) in [6.07, 6.45) is 8.23. The van der Waals surface area contributed by atoms with E-state index in [4.69, 9.17) is 22.1 Å². The number of carbonyl (C=O) groups is 1. The number of nitrogens with one attached hydrogen (secondary N) is 2. The summed E-state index contributed by atoms with van der Waals surface area (Å²) in [4.78, 5) is 20.8. The van der Waals surface area contributed by atoms with Crippen LogP contribution in [0.4, 0.5) is 0 Å². The average Bonchev–Trinajstić information content (AvgIpc) is 2.72. The third-order valence-electron chi connectivity index (χ3n) is 3.92. The van der Waals surface area contributed by atoms with Gasteiger partial charge in [-0.05, 0) is 44.9 Å². The van der Waals surface area contributed by atoms with Gasteiger partial charge in [-0.2, -0.15) is 0 Å². The van der Waals surface area contributed by atoms with Gasteiger partial charge in [0.25, 0.3) is 5.91 Å². The second-order valence-corrected chi connectivity index (χ2v) is 6.70. The van der Waals surface area contributed by atoms with E-state index in [-0.39, 0.29) is 11.5 Å². The van der Waals surface area contributed by atoms with Gasteiger partial charge in [0.2, 0.25) is 0 Å². The van der Waals surface area contributed by atoms with E-state index in [1.807, 2.05) is 6.92 Å². The Labute approximate surface area is 177 Å². The molecule has 1 rings (SSSR count). The van der Waals surface area contributed by atoms with Crippen LogP contribution < -0.4 is 16.6 Å². The Kier molecular flexibility index (Phi) is 11.8. The second-order valence-electron chi connectivity index (χ2n) is 6.29. The van der Waals surface area contributed by atoms with Crippen molar-refractivity contribution in [3.05, 3.63) is 65.3 Å². The highest BCUT2D eigenvalue weighted by molar-refractivity contribution is 6.32. The monoisotopic (exact) mass is 419 g/mol. The lowest BCUT2D eigenvalue weighted by Gasteiger charge is -2.11. The van der Waals surface area contributed by atoms with E-state index in [0.717, 1.165) is 18.5 Å². The van der Waals surface area contributed by atoms with Crippen molar-refractivity contribution >= 4 is 23.1 Å². The molecular weight excluding hydrogens is 390 g/mol. The average molecular weight is 420 g/mol. The largest absolute Gasteiger partial charge is 0.381 e. The molecule has 1 aromatic rings. The fraction of sp³-hybridized carbons (Fsp3) is 0.381. The first-order valence-electron chi connectivity index (χ1n) is 9.40. The topological polar surface area (TPSA) is 102 Å². The van der Waals surface area contributed by atoms with Crippen LogP contribution in [0.2, 0.25) is 0 Å². The molecule has 0 fully saturated rings. The maximum atomic E-state index is 12.3. The molecule has 1 amide bonds. The first kappa shape index (κ1) is 24.7. The summed E-state index contributed by atoms with van der Waals surface area (Å²) in [7, 11) is 0. The lowest BCUT2D eigenvalue weighted by Crippen LogP contribution is -2.39. The van der Waals surface area contributed by atoms with Crippen LogP contribution in [-0.2, 0) is 9.53 Å². The Morgan fingerprint density at radius 3 is 2.72 bits per heavy atom. The summed E-state index contributed by atoms with van der Waals surface area (Å²) in [5.74, 6) is -0.353. The summed E-state index contributed by atoms with van der Waals surface area (Å²) in [6, 6.07) is 0. The Morgan fingerprint density at radius 1 is 1.34 bits per heavy atom. The molecule has 7 nitrogen and oxygen atoms in total. The number of halogens is 1. The number of hydrogen-bond acceptors (Lipinski definition) is 6. The first-order valence-corrected chi connectivity index (χ1v) is 9.78. The number of hydrazine groups is 1. The van der Waals surface area contributed by atoms with Crippen molar-refractivity contribution in [2.45, 2.75) is 26.7 Å². The summed E-state index contributed by atoms with van der Waals surface area (Å²) in [6.45, 7) is 13.7. The van der Waals surface area contributed by atoms with Gasteiger partial charge in [0, 0.05) is 42.1 Å². The molecule has 0 unspecified atom stereocenters. The highest BCUT2D eigenvalue weighted by atomic mass is 35.5. The van der Waals surface area contributed by atoms with Crippen LogP contribution in [0.1, 0.15) is 31.2 Å². The highest BCUT2D eigenvalue weighted by Crippen LogP contribution is 2.23. The number of allylic oxidation sites excluding steroid dienone is 4. The predicted octanol–water partition coefficient (Wildman–Crippen LogP) is 2.80. The molecule has 29 heavy (non-hydrogen) atoms. The number of nitrogens with zero attached hydrogens (tertiary/aromatic N) is 2. The van der Waals surface area contributed by atoms with E-state index in [0.29, 0.717) is 48.2 Å². The molecule has 0 aliphatic heterocycles. The fourth-order valence-corrected chi connectivity index (χ4v) is 2.40. The molecule has 0 aromatic carbocycles. The van der Waals surface area contributed by atoms with Crippen LogP contribution >= 0.6 is 11.6 Å². The lowest BCUT2D eigenvalue weighted by atomic mass is 10.1. The third kappa shape index (κ3) is 9.15. The van der Waals surface area contributed by atoms with Crippen molar-refractivity contribution in [2.75, 3.05) is 26.3 Å². The van der Waals surface area contributed by atoms with E-state index < -0.39 is 0 Å². The van der Waals surface area contributed by atoms with Gasteiger partial charge in [0.1, 0.15) is 0 Å². The lowest BCUT2D eigenvalue weighted by molar-refractivity contribution is -0.118. The molecule has 8 heteroatoms.